The molecule has 1 saturated carbocycles. The molecule has 17 heavy (non-hydrogen) atoms. The summed E-state index contributed by atoms with van der Waals surface area (Å²) >= 11 is 15.6. The van der Waals surface area contributed by atoms with Gasteiger partial charge in [-0.3, -0.25) is 0 Å². The molecule has 0 amide bonds. The van der Waals surface area contributed by atoms with Crippen LogP contribution >= 0.6 is 34.8 Å². The molecule has 0 aromatic carbocycles. The highest BCUT2D eigenvalue weighted by atomic mass is 35.5. The van der Waals surface area contributed by atoms with Crippen molar-refractivity contribution >= 4 is 34.8 Å². The third-order valence-electron chi connectivity index (χ3n) is 2.83. The van der Waals surface area contributed by atoms with Crippen molar-refractivity contribution in [1.29, 1.82) is 0 Å². The maximum absolute atomic E-state index is 14.0. The second-order valence-electron chi connectivity index (χ2n) is 3.61. The lowest BCUT2D eigenvalue weighted by Gasteiger charge is -2.58. The zero-order valence-electron chi connectivity index (χ0n) is 7.48. The molecule has 0 aliphatic heterocycles. The van der Waals surface area contributed by atoms with Gasteiger partial charge in [0.2, 0.25) is 11.3 Å². The summed E-state index contributed by atoms with van der Waals surface area (Å²) < 4.78 is 77.0. The van der Waals surface area contributed by atoms with Crippen LogP contribution in [0.1, 0.15) is 0 Å². The first-order valence-electron chi connectivity index (χ1n) is 4.06. The average molecular weight is 317 g/mol. The summed E-state index contributed by atoms with van der Waals surface area (Å²) in [5.74, 6) is -10.1. The van der Waals surface area contributed by atoms with Crippen molar-refractivity contribution in [2.24, 2.45) is 0 Å². The average Bonchev–Trinajstić information content (AvgIpc) is 2.30. The SMILES string of the molecule is FC1=C(F)[C@@]2(F)C(Cl)(Cl)[C@@H](Cl)[C@@]2(F)C(F)=C1F. The van der Waals surface area contributed by atoms with Crippen LogP contribution in [0.15, 0.2) is 23.3 Å². The van der Waals surface area contributed by atoms with Gasteiger partial charge in [0.15, 0.2) is 27.6 Å². The van der Waals surface area contributed by atoms with Crippen molar-refractivity contribution in [2.75, 3.05) is 0 Å². The third kappa shape index (κ3) is 1.06. The normalized spacial score (nSPS) is 44.6. The lowest BCUT2D eigenvalue weighted by Crippen LogP contribution is -2.80. The zero-order valence-corrected chi connectivity index (χ0v) is 9.75. The Labute approximate surface area is 106 Å². The predicted molar refractivity (Wildman–Crippen MR) is 50.2 cm³/mol. The number of hydrogen-bond acceptors (Lipinski definition) is 0. The standard InChI is InChI=1S/C8HCl3F6/c9-5-6(16)3(14)1(12)2(13)4(15)7(6,17)8(5,10)11/h5H/t5-,6-,7-/m0/s1. The van der Waals surface area contributed by atoms with Gasteiger partial charge < -0.3 is 0 Å². The van der Waals surface area contributed by atoms with E-state index in [1.165, 1.54) is 0 Å². The Balaban J connectivity index is 2.76. The molecule has 2 aliphatic carbocycles. The fourth-order valence-corrected chi connectivity index (χ4v) is 2.97. The molecule has 96 valence electrons. The van der Waals surface area contributed by atoms with Crippen molar-refractivity contribution in [3.05, 3.63) is 23.3 Å². The molecular weight excluding hydrogens is 316 g/mol. The van der Waals surface area contributed by atoms with E-state index in [0.29, 0.717) is 0 Å². The molecule has 0 heterocycles. The van der Waals surface area contributed by atoms with Crippen molar-refractivity contribution in [3.8, 4) is 0 Å². The Morgan fingerprint density at radius 1 is 0.882 bits per heavy atom. The van der Waals surface area contributed by atoms with Crippen LogP contribution in [-0.4, -0.2) is 21.0 Å². The first-order valence-corrected chi connectivity index (χ1v) is 5.25. The summed E-state index contributed by atoms with van der Waals surface area (Å²) in [5.41, 5.74) is -8.07. The van der Waals surface area contributed by atoms with E-state index in [-0.39, 0.29) is 0 Å². The first-order chi connectivity index (χ1) is 7.54. The van der Waals surface area contributed by atoms with E-state index in [4.69, 9.17) is 34.8 Å². The van der Waals surface area contributed by atoms with Crippen LogP contribution in [0.2, 0.25) is 0 Å². The Morgan fingerprint density at radius 2 is 1.29 bits per heavy atom. The number of alkyl halides is 5. The monoisotopic (exact) mass is 316 g/mol. The third-order valence-corrected chi connectivity index (χ3v) is 4.64. The molecule has 9 heteroatoms. The number of hydrogen-bond donors (Lipinski definition) is 0. The van der Waals surface area contributed by atoms with Crippen LogP contribution in [0.25, 0.3) is 0 Å². The molecule has 0 saturated heterocycles. The smallest absolute Gasteiger partial charge is 0.230 e. The van der Waals surface area contributed by atoms with Gasteiger partial charge in [-0.2, -0.15) is 0 Å². The molecule has 3 atom stereocenters. The summed E-state index contributed by atoms with van der Waals surface area (Å²) in [4.78, 5) is 0. The Hall–Kier alpha value is -0.0700. The lowest BCUT2D eigenvalue weighted by molar-refractivity contribution is -0.111. The number of allylic oxidation sites excluding steroid dienone is 4. The molecule has 1 fully saturated rings. The highest BCUT2D eigenvalue weighted by Crippen LogP contribution is 2.72. The van der Waals surface area contributed by atoms with Crippen molar-refractivity contribution in [3.63, 3.8) is 0 Å². The molecule has 0 aromatic heterocycles. The van der Waals surface area contributed by atoms with Crippen LogP contribution < -0.4 is 0 Å². The van der Waals surface area contributed by atoms with Crippen LogP contribution in [-0.2, 0) is 0 Å². The minimum absolute atomic E-state index is 2.31. The minimum atomic E-state index is -4.10. The fourth-order valence-electron chi connectivity index (χ4n) is 1.84. The highest BCUT2D eigenvalue weighted by molar-refractivity contribution is 6.55. The molecule has 0 radical (unpaired) electrons. The number of fused-ring (bicyclic) bond motifs is 1. The zero-order chi connectivity index (χ0) is 13.4. The molecule has 2 rings (SSSR count). The van der Waals surface area contributed by atoms with E-state index in [1.807, 2.05) is 0 Å². The molecule has 0 bridgehead atoms. The fraction of sp³-hybridized carbons (Fsp3) is 0.500. The predicted octanol–water partition coefficient (Wildman–Crippen LogP) is 4.51. The van der Waals surface area contributed by atoms with E-state index in [2.05, 4.69) is 0 Å². The summed E-state index contributed by atoms with van der Waals surface area (Å²) in [6, 6.07) is 0. The van der Waals surface area contributed by atoms with E-state index >= 15 is 0 Å². The summed E-state index contributed by atoms with van der Waals surface area (Å²) in [7, 11) is 0. The van der Waals surface area contributed by atoms with Gasteiger partial charge in [0.1, 0.15) is 5.38 Å². The molecular formula is C8HCl3F6. The first kappa shape index (κ1) is 13.4. The van der Waals surface area contributed by atoms with Crippen LogP contribution in [0.5, 0.6) is 0 Å². The van der Waals surface area contributed by atoms with Gasteiger partial charge >= 0.3 is 0 Å². The Kier molecular flexibility index (Phi) is 2.57. The van der Waals surface area contributed by atoms with Crippen LogP contribution in [0.4, 0.5) is 26.3 Å². The van der Waals surface area contributed by atoms with Crippen molar-refractivity contribution in [1.82, 2.24) is 0 Å². The summed E-state index contributed by atoms with van der Waals surface area (Å²) in [6.07, 6.45) is 0. The van der Waals surface area contributed by atoms with Gasteiger partial charge in [-0.15, -0.1) is 11.6 Å². The molecule has 0 aromatic rings. The molecule has 0 N–H and O–H groups in total. The van der Waals surface area contributed by atoms with Crippen LogP contribution in [0.3, 0.4) is 0 Å². The molecule has 0 unspecified atom stereocenters. The summed E-state index contributed by atoms with van der Waals surface area (Å²) in [5, 5.41) is -2.31. The molecule has 2 aliphatic rings. The minimum Gasteiger partial charge on any atom is -0.230 e. The van der Waals surface area contributed by atoms with Gasteiger partial charge in [-0.1, -0.05) is 23.2 Å². The van der Waals surface area contributed by atoms with Crippen molar-refractivity contribution in [2.45, 2.75) is 21.0 Å². The maximum atomic E-state index is 14.0. The summed E-state index contributed by atoms with van der Waals surface area (Å²) in [6.45, 7) is 0. The van der Waals surface area contributed by atoms with Gasteiger partial charge in [-0.05, 0) is 0 Å². The lowest BCUT2D eigenvalue weighted by atomic mass is 9.62. The second-order valence-corrected chi connectivity index (χ2v) is 5.43. The van der Waals surface area contributed by atoms with Gasteiger partial charge in [0.05, 0.1) is 0 Å². The van der Waals surface area contributed by atoms with E-state index in [0.717, 1.165) is 0 Å². The number of rotatable bonds is 0. The van der Waals surface area contributed by atoms with E-state index in [9.17, 15) is 26.3 Å². The number of halogens is 9. The van der Waals surface area contributed by atoms with E-state index in [1.54, 1.807) is 0 Å². The Bertz CT molecular complexity index is 472. The largest absolute Gasteiger partial charge is 0.240 e. The van der Waals surface area contributed by atoms with Crippen molar-refractivity contribution < 1.29 is 26.3 Å². The quantitative estimate of drug-likeness (QED) is 0.455. The molecule has 0 spiro atoms. The highest BCUT2D eigenvalue weighted by Gasteiger charge is 2.89. The molecule has 0 nitrogen and oxygen atoms in total. The second kappa shape index (κ2) is 3.27. The van der Waals surface area contributed by atoms with Gasteiger partial charge in [0.25, 0.3) is 0 Å². The maximum Gasteiger partial charge on any atom is 0.240 e. The van der Waals surface area contributed by atoms with E-state index < -0.39 is 44.4 Å². The van der Waals surface area contributed by atoms with Crippen LogP contribution in [0, 0.1) is 0 Å². The Morgan fingerprint density at radius 3 is 1.76 bits per heavy atom. The van der Waals surface area contributed by atoms with Gasteiger partial charge in [0, 0.05) is 0 Å². The topological polar surface area (TPSA) is 0 Å². The van der Waals surface area contributed by atoms with Gasteiger partial charge in [-0.25, -0.2) is 26.3 Å².